The molecule has 2 aromatic rings. The number of nitrogens with zero attached hydrogens (tertiary/aromatic N) is 3. The van der Waals surface area contributed by atoms with Gasteiger partial charge in [0, 0.05) is 38.8 Å². The lowest BCUT2D eigenvalue weighted by molar-refractivity contribution is -0.126. The summed E-state index contributed by atoms with van der Waals surface area (Å²) < 4.78 is 22.8. The van der Waals surface area contributed by atoms with Gasteiger partial charge in [-0.2, -0.15) is 0 Å². The molecule has 174 valence electrons. The molecule has 1 aromatic carbocycles. The lowest BCUT2D eigenvalue weighted by Crippen LogP contribution is -2.43. The maximum absolute atomic E-state index is 12.8. The second-order valence-electron chi connectivity index (χ2n) is 7.54. The fourth-order valence-corrected chi connectivity index (χ4v) is 3.85. The zero-order valence-corrected chi connectivity index (χ0v) is 19.1. The monoisotopic (exact) mass is 446 g/mol. The SMILES string of the molecule is COc1cc(CNC(=O)C2CCN(C(=O)c3cn(C)nc3OC)CC2)cc(OC)c1OC. The second-order valence-corrected chi connectivity index (χ2v) is 7.54. The smallest absolute Gasteiger partial charge is 0.260 e. The quantitative estimate of drug-likeness (QED) is 0.657. The van der Waals surface area contributed by atoms with E-state index in [0.717, 1.165) is 5.56 Å². The minimum absolute atomic E-state index is 0.0372. The molecule has 32 heavy (non-hydrogen) atoms. The van der Waals surface area contributed by atoms with E-state index < -0.39 is 0 Å². The molecular weight excluding hydrogens is 416 g/mol. The van der Waals surface area contributed by atoms with Gasteiger partial charge in [0.2, 0.25) is 17.5 Å². The van der Waals surface area contributed by atoms with E-state index in [2.05, 4.69) is 10.4 Å². The van der Waals surface area contributed by atoms with Crippen molar-refractivity contribution in [3.8, 4) is 23.1 Å². The predicted molar refractivity (Wildman–Crippen MR) is 116 cm³/mol. The normalized spacial score (nSPS) is 14.1. The fourth-order valence-electron chi connectivity index (χ4n) is 3.85. The third-order valence-electron chi connectivity index (χ3n) is 5.56. The molecule has 1 N–H and O–H groups in total. The van der Waals surface area contributed by atoms with Crippen LogP contribution in [0.25, 0.3) is 0 Å². The summed E-state index contributed by atoms with van der Waals surface area (Å²) in [6.45, 7) is 1.33. The molecule has 1 fully saturated rings. The molecule has 1 aromatic heterocycles. The van der Waals surface area contributed by atoms with Crippen molar-refractivity contribution in [1.82, 2.24) is 20.0 Å². The summed E-state index contributed by atoms with van der Waals surface area (Å²) in [7, 11) is 7.88. The number of benzene rings is 1. The molecule has 0 aliphatic carbocycles. The number of likely N-dealkylation sites (tertiary alicyclic amines) is 1. The van der Waals surface area contributed by atoms with E-state index in [4.69, 9.17) is 18.9 Å². The summed E-state index contributed by atoms with van der Waals surface area (Å²) in [5.74, 6) is 1.56. The van der Waals surface area contributed by atoms with E-state index in [1.807, 2.05) is 12.1 Å². The Morgan fingerprint density at radius 2 is 1.66 bits per heavy atom. The first kappa shape index (κ1) is 23.2. The Bertz CT molecular complexity index is 940. The van der Waals surface area contributed by atoms with Crippen LogP contribution in [-0.4, -0.2) is 68.0 Å². The van der Waals surface area contributed by atoms with Gasteiger partial charge >= 0.3 is 0 Å². The van der Waals surface area contributed by atoms with Gasteiger partial charge in [0.1, 0.15) is 5.56 Å². The number of methoxy groups -OCH3 is 4. The highest BCUT2D eigenvalue weighted by atomic mass is 16.5. The number of carbonyl (C=O) groups excluding carboxylic acids is 2. The highest BCUT2D eigenvalue weighted by Gasteiger charge is 2.30. The summed E-state index contributed by atoms with van der Waals surface area (Å²) in [5, 5.41) is 7.11. The Kier molecular flexibility index (Phi) is 7.45. The molecule has 0 radical (unpaired) electrons. The van der Waals surface area contributed by atoms with Crippen molar-refractivity contribution in [2.24, 2.45) is 13.0 Å². The largest absolute Gasteiger partial charge is 0.493 e. The number of ether oxygens (including phenoxy) is 4. The highest BCUT2D eigenvalue weighted by Crippen LogP contribution is 2.38. The molecule has 2 amide bonds. The first-order valence-corrected chi connectivity index (χ1v) is 10.3. The maximum Gasteiger partial charge on any atom is 0.260 e. The van der Waals surface area contributed by atoms with E-state index >= 15 is 0 Å². The van der Waals surface area contributed by atoms with E-state index in [9.17, 15) is 9.59 Å². The van der Waals surface area contributed by atoms with Gasteiger partial charge in [0.05, 0.1) is 28.4 Å². The first-order chi connectivity index (χ1) is 15.4. The van der Waals surface area contributed by atoms with Crippen molar-refractivity contribution >= 4 is 11.8 Å². The zero-order chi connectivity index (χ0) is 23.3. The summed E-state index contributed by atoms with van der Waals surface area (Å²) in [5.41, 5.74) is 1.27. The standard InChI is InChI=1S/C22H30N4O6/c1-25-13-16(21(24-25)32-5)22(28)26-8-6-15(7-9-26)20(27)23-12-14-10-17(29-2)19(31-4)18(11-14)30-3/h10-11,13,15H,6-9,12H2,1-5H3,(H,23,27). The minimum Gasteiger partial charge on any atom is -0.493 e. The maximum atomic E-state index is 12.8. The number of amides is 2. The molecule has 3 rings (SSSR count). The van der Waals surface area contributed by atoms with Crippen LogP contribution in [0, 0.1) is 5.92 Å². The van der Waals surface area contributed by atoms with Crippen molar-refractivity contribution in [2.75, 3.05) is 41.5 Å². The van der Waals surface area contributed by atoms with E-state index in [-0.39, 0.29) is 17.7 Å². The number of hydrogen-bond acceptors (Lipinski definition) is 7. The third kappa shape index (κ3) is 4.90. The third-order valence-corrected chi connectivity index (χ3v) is 5.56. The molecule has 10 nitrogen and oxygen atoms in total. The number of aryl methyl sites for hydroxylation is 1. The molecule has 2 heterocycles. The lowest BCUT2D eigenvalue weighted by Gasteiger charge is -2.31. The van der Waals surface area contributed by atoms with Gasteiger partial charge in [-0.1, -0.05) is 0 Å². The van der Waals surface area contributed by atoms with Gasteiger partial charge in [0.15, 0.2) is 11.5 Å². The lowest BCUT2D eigenvalue weighted by atomic mass is 9.95. The van der Waals surface area contributed by atoms with Crippen LogP contribution in [-0.2, 0) is 18.4 Å². The van der Waals surface area contributed by atoms with Crippen LogP contribution >= 0.6 is 0 Å². The molecule has 0 bridgehead atoms. The highest BCUT2D eigenvalue weighted by molar-refractivity contribution is 5.96. The molecule has 0 atom stereocenters. The van der Waals surface area contributed by atoms with Crippen LogP contribution < -0.4 is 24.3 Å². The number of nitrogens with one attached hydrogen (secondary N) is 1. The van der Waals surface area contributed by atoms with Crippen LogP contribution in [0.5, 0.6) is 23.1 Å². The van der Waals surface area contributed by atoms with Gasteiger partial charge in [-0.3, -0.25) is 14.3 Å². The number of piperidine rings is 1. The van der Waals surface area contributed by atoms with E-state index in [0.29, 0.717) is 61.2 Å². The van der Waals surface area contributed by atoms with Crippen molar-refractivity contribution in [1.29, 1.82) is 0 Å². The topological polar surface area (TPSA) is 104 Å². The van der Waals surface area contributed by atoms with Crippen molar-refractivity contribution in [3.63, 3.8) is 0 Å². The Hall–Kier alpha value is -3.43. The summed E-state index contributed by atoms with van der Waals surface area (Å²) in [6, 6.07) is 3.62. The summed E-state index contributed by atoms with van der Waals surface area (Å²) >= 11 is 0. The molecule has 1 saturated heterocycles. The van der Waals surface area contributed by atoms with Crippen LogP contribution in [0.3, 0.4) is 0 Å². The zero-order valence-electron chi connectivity index (χ0n) is 19.1. The molecule has 0 unspecified atom stereocenters. The predicted octanol–water partition coefficient (Wildman–Crippen LogP) is 1.62. The molecule has 1 aliphatic rings. The summed E-state index contributed by atoms with van der Waals surface area (Å²) in [4.78, 5) is 27.3. The summed E-state index contributed by atoms with van der Waals surface area (Å²) in [6.07, 6.45) is 2.84. The molecule has 0 spiro atoms. The van der Waals surface area contributed by atoms with Gasteiger partial charge in [-0.05, 0) is 30.5 Å². The van der Waals surface area contributed by atoms with Gasteiger partial charge in [-0.25, -0.2) is 0 Å². The van der Waals surface area contributed by atoms with Crippen molar-refractivity contribution in [2.45, 2.75) is 19.4 Å². The average Bonchev–Trinajstić information content (AvgIpc) is 3.21. The minimum atomic E-state index is -0.156. The van der Waals surface area contributed by atoms with Gasteiger partial charge in [-0.15, -0.1) is 5.10 Å². The number of carbonyl (C=O) groups is 2. The number of aromatic nitrogens is 2. The number of rotatable bonds is 8. The first-order valence-electron chi connectivity index (χ1n) is 10.3. The van der Waals surface area contributed by atoms with Crippen molar-refractivity contribution < 1.29 is 28.5 Å². The molecule has 0 saturated carbocycles. The molecule has 10 heteroatoms. The molecular formula is C22H30N4O6. The molecule has 1 aliphatic heterocycles. The van der Waals surface area contributed by atoms with Crippen molar-refractivity contribution in [3.05, 3.63) is 29.5 Å². The Morgan fingerprint density at radius 3 is 2.19 bits per heavy atom. The van der Waals surface area contributed by atoms with Crippen LogP contribution in [0.15, 0.2) is 18.3 Å². The van der Waals surface area contributed by atoms with E-state index in [1.54, 1.807) is 44.2 Å². The van der Waals surface area contributed by atoms with Gasteiger partial charge in [0.25, 0.3) is 5.91 Å². The Morgan fingerprint density at radius 1 is 1.03 bits per heavy atom. The van der Waals surface area contributed by atoms with Gasteiger partial charge < -0.3 is 29.2 Å². The second kappa shape index (κ2) is 10.3. The number of hydrogen-bond donors (Lipinski definition) is 1. The van der Waals surface area contributed by atoms with Crippen LogP contribution in [0.2, 0.25) is 0 Å². The Balaban J connectivity index is 1.56. The van der Waals surface area contributed by atoms with E-state index in [1.165, 1.54) is 7.11 Å². The Labute approximate surface area is 187 Å². The van der Waals surface area contributed by atoms with Crippen LogP contribution in [0.1, 0.15) is 28.8 Å². The van der Waals surface area contributed by atoms with Crippen LogP contribution in [0.4, 0.5) is 0 Å². The fraction of sp³-hybridized carbons (Fsp3) is 0.500. The average molecular weight is 447 g/mol.